The first-order chi connectivity index (χ1) is 13.7. The molecule has 30 heavy (non-hydrogen) atoms. The Labute approximate surface area is 183 Å². The van der Waals surface area contributed by atoms with Gasteiger partial charge >= 0.3 is 12.1 Å². The summed E-state index contributed by atoms with van der Waals surface area (Å²) < 4.78 is 10.6. The van der Waals surface area contributed by atoms with Crippen LogP contribution in [0.25, 0.3) is 6.08 Å². The minimum atomic E-state index is -0.962. The maximum Gasteiger partial charge on any atom is 0.408 e. The van der Waals surface area contributed by atoms with Crippen LogP contribution in [-0.2, 0) is 19.1 Å². The standard InChI is InChI=1S/C22H31ClN2O5/c1-21(2,3)29-19(27)17(25-20(28)30-22(4,5)6)12-13-24-18(26)11-10-15-8-7-9-16(23)14-15/h7-11,14,17H,12-13H2,1-6H3,(H,24,26)(H,25,28)/b11-10+/t17-/m0/s1. The summed E-state index contributed by atoms with van der Waals surface area (Å²) in [5.74, 6) is -0.938. The number of benzene rings is 1. The first-order valence-electron chi connectivity index (χ1n) is 9.69. The first-order valence-corrected chi connectivity index (χ1v) is 10.1. The summed E-state index contributed by atoms with van der Waals surface area (Å²) >= 11 is 5.91. The molecule has 1 atom stereocenters. The van der Waals surface area contributed by atoms with Crippen LogP contribution < -0.4 is 10.6 Å². The van der Waals surface area contributed by atoms with Crippen molar-refractivity contribution in [2.75, 3.05) is 6.54 Å². The molecule has 0 bridgehead atoms. The summed E-state index contributed by atoms with van der Waals surface area (Å²) in [4.78, 5) is 36.6. The lowest BCUT2D eigenvalue weighted by molar-refractivity contribution is -0.157. The topological polar surface area (TPSA) is 93.7 Å². The molecule has 0 fully saturated rings. The number of hydrogen-bond acceptors (Lipinski definition) is 5. The van der Waals surface area contributed by atoms with E-state index in [1.165, 1.54) is 6.08 Å². The molecular formula is C22H31ClN2O5. The largest absolute Gasteiger partial charge is 0.458 e. The van der Waals surface area contributed by atoms with Gasteiger partial charge in [-0.15, -0.1) is 0 Å². The van der Waals surface area contributed by atoms with E-state index in [1.807, 2.05) is 6.07 Å². The number of halogens is 1. The number of amides is 2. The maximum atomic E-state index is 12.4. The maximum absolute atomic E-state index is 12.4. The van der Waals surface area contributed by atoms with Gasteiger partial charge in [0, 0.05) is 17.6 Å². The van der Waals surface area contributed by atoms with Gasteiger partial charge in [-0.2, -0.15) is 0 Å². The van der Waals surface area contributed by atoms with Crippen LogP contribution in [0.5, 0.6) is 0 Å². The quantitative estimate of drug-likeness (QED) is 0.493. The van der Waals surface area contributed by atoms with Gasteiger partial charge < -0.3 is 20.1 Å². The van der Waals surface area contributed by atoms with Crippen molar-refractivity contribution in [3.8, 4) is 0 Å². The average molecular weight is 439 g/mol. The fourth-order valence-electron chi connectivity index (χ4n) is 2.25. The minimum Gasteiger partial charge on any atom is -0.458 e. The highest BCUT2D eigenvalue weighted by Gasteiger charge is 2.28. The van der Waals surface area contributed by atoms with Crippen LogP contribution in [0.1, 0.15) is 53.5 Å². The lowest BCUT2D eigenvalue weighted by atomic mass is 10.1. The number of nitrogens with one attached hydrogen (secondary N) is 2. The molecule has 0 aromatic heterocycles. The van der Waals surface area contributed by atoms with Gasteiger partial charge in [0.05, 0.1) is 0 Å². The zero-order valence-electron chi connectivity index (χ0n) is 18.4. The van der Waals surface area contributed by atoms with E-state index in [9.17, 15) is 14.4 Å². The van der Waals surface area contributed by atoms with Gasteiger partial charge in [0.15, 0.2) is 0 Å². The molecular weight excluding hydrogens is 408 g/mol. The number of carbonyl (C=O) groups is 3. The van der Waals surface area contributed by atoms with Crippen molar-refractivity contribution in [1.82, 2.24) is 10.6 Å². The molecule has 166 valence electrons. The average Bonchev–Trinajstić information content (AvgIpc) is 2.56. The van der Waals surface area contributed by atoms with E-state index in [-0.39, 0.29) is 18.9 Å². The van der Waals surface area contributed by atoms with Crippen LogP contribution in [0, 0.1) is 0 Å². The summed E-state index contributed by atoms with van der Waals surface area (Å²) in [7, 11) is 0. The fraction of sp³-hybridized carbons (Fsp3) is 0.500. The Morgan fingerprint density at radius 1 is 1.07 bits per heavy atom. The van der Waals surface area contributed by atoms with Crippen molar-refractivity contribution < 1.29 is 23.9 Å². The monoisotopic (exact) mass is 438 g/mol. The van der Waals surface area contributed by atoms with E-state index in [2.05, 4.69) is 10.6 Å². The Hall–Kier alpha value is -2.54. The molecule has 8 heteroatoms. The summed E-state index contributed by atoms with van der Waals surface area (Å²) in [6.07, 6.45) is 2.41. The highest BCUT2D eigenvalue weighted by atomic mass is 35.5. The second-order valence-electron chi connectivity index (χ2n) is 8.70. The normalized spacial score (nSPS) is 12.9. The molecule has 1 rings (SSSR count). The minimum absolute atomic E-state index is 0.144. The fourth-order valence-corrected chi connectivity index (χ4v) is 2.45. The molecule has 0 aliphatic carbocycles. The van der Waals surface area contributed by atoms with Crippen LogP contribution in [-0.4, -0.2) is 41.8 Å². The number of alkyl carbamates (subject to hydrolysis) is 1. The molecule has 0 heterocycles. The molecule has 0 unspecified atom stereocenters. The smallest absolute Gasteiger partial charge is 0.408 e. The van der Waals surface area contributed by atoms with Gasteiger partial charge in [0.2, 0.25) is 5.91 Å². The van der Waals surface area contributed by atoms with Crippen LogP contribution in [0.3, 0.4) is 0 Å². The van der Waals surface area contributed by atoms with Crippen molar-refractivity contribution in [3.63, 3.8) is 0 Å². The molecule has 0 aliphatic heterocycles. The highest BCUT2D eigenvalue weighted by molar-refractivity contribution is 6.30. The third kappa shape index (κ3) is 11.5. The number of carbonyl (C=O) groups excluding carboxylic acids is 3. The molecule has 7 nitrogen and oxygen atoms in total. The number of rotatable bonds is 7. The third-order valence-corrected chi connectivity index (χ3v) is 3.63. The van der Waals surface area contributed by atoms with E-state index < -0.39 is 29.3 Å². The van der Waals surface area contributed by atoms with Crippen LogP contribution in [0.4, 0.5) is 4.79 Å². The van der Waals surface area contributed by atoms with Gasteiger partial charge in [-0.25, -0.2) is 9.59 Å². The van der Waals surface area contributed by atoms with Crippen molar-refractivity contribution in [2.45, 2.75) is 65.2 Å². The highest BCUT2D eigenvalue weighted by Crippen LogP contribution is 2.13. The molecule has 0 spiro atoms. The third-order valence-electron chi connectivity index (χ3n) is 3.39. The molecule has 1 aromatic rings. The van der Waals surface area contributed by atoms with E-state index in [0.717, 1.165) is 5.56 Å². The van der Waals surface area contributed by atoms with Crippen molar-refractivity contribution in [3.05, 3.63) is 40.9 Å². The van der Waals surface area contributed by atoms with Crippen LogP contribution in [0.2, 0.25) is 5.02 Å². The summed E-state index contributed by atoms with van der Waals surface area (Å²) in [5.41, 5.74) is -0.633. The van der Waals surface area contributed by atoms with Gasteiger partial charge in [-0.3, -0.25) is 4.79 Å². The summed E-state index contributed by atoms with van der Waals surface area (Å²) in [5, 5.41) is 5.77. The van der Waals surface area contributed by atoms with E-state index in [4.69, 9.17) is 21.1 Å². The van der Waals surface area contributed by atoms with Gasteiger partial charge in [-0.1, -0.05) is 23.7 Å². The van der Waals surface area contributed by atoms with E-state index in [0.29, 0.717) is 5.02 Å². The Balaban J connectivity index is 2.66. The molecule has 0 saturated carbocycles. The van der Waals surface area contributed by atoms with Crippen molar-refractivity contribution >= 4 is 35.6 Å². The Morgan fingerprint density at radius 3 is 2.27 bits per heavy atom. The van der Waals surface area contributed by atoms with Crippen molar-refractivity contribution in [1.29, 1.82) is 0 Å². The number of esters is 1. The molecule has 0 radical (unpaired) electrons. The van der Waals surface area contributed by atoms with Gasteiger partial charge in [0.1, 0.15) is 17.2 Å². The molecule has 1 aromatic carbocycles. The SMILES string of the molecule is CC(C)(C)OC(=O)N[C@@H](CCNC(=O)/C=C/c1cccc(Cl)c1)C(=O)OC(C)(C)C. The van der Waals surface area contributed by atoms with Crippen LogP contribution in [0.15, 0.2) is 30.3 Å². The molecule has 2 amide bonds. The number of hydrogen-bond donors (Lipinski definition) is 2. The van der Waals surface area contributed by atoms with Crippen LogP contribution >= 0.6 is 11.6 Å². The summed E-state index contributed by atoms with van der Waals surface area (Å²) in [6, 6.07) is 6.12. The second-order valence-corrected chi connectivity index (χ2v) is 9.14. The van der Waals surface area contributed by atoms with E-state index in [1.54, 1.807) is 65.8 Å². The zero-order chi connectivity index (χ0) is 22.9. The van der Waals surface area contributed by atoms with Gasteiger partial charge in [0.25, 0.3) is 0 Å². The molecule has 0 saturated heterocycles. The zero-order valence-corrected chi connectivity index (χ0v) is 19.1. The predicted octanol–water partition coefficient (Wildman–Crippen LogP) is 4.09. The molecule has 2 N–H and O–H groups in total. The van der Waals surface area contributed by atoms with Gasteiger partial charge in [-0.05, 0) is 71.7 Å². The van der Waals surface area contributed by atoms with Crippen molar-refractivity contribution in [2.24, 2.45) is 0 Å². The first kappa shape index (κ1) is 25.5. The Bertz CT molecular complexity index is 778. The van der Waals surface area contributed by atoms with E-state index >= 15 is 0 Å². The lowest BCUT2D eigenvalue weighted by Crippen LogP contribution is -2.47. The number of ether oxygens (including phenoxy) is 2. The Kier molecular flexibility index (Phi) is 9.36. The predicted molar refractivity (Wildman–Crippen MR) is 117 cm³/mol. The Morgan fingerprint density at radius 2 is 1.70 bits per heavy atom. The molecule has 0 aliphatic rings. The summed E-state index contributed by atoms with van der Waals surface area (Å²) in [6.45, 7) is 10.5. The second kappa shape index (κ2) is 11.0. The lowest BCUT2D eigenvalue weighted by Gasteiger charge is -2.26.